The number of aliphatic hydroxyl groups excluding tert-OH is 2. The van der Waals surface area contributed by atoms with Crippen LogP contribution in [0.15, 0.2) is 18.2 Å². The van der Waals surface area contributed by atoms with Crippen LogP contribution in [0.5, 0.6) is 0 Å². The molecule has 0 amide bonds. The molecule has 2 unspecified atom stereocenters. The van der Waals surface area contributed by atoms with Crippen LogP contribution < -0.4 is 10.2 Å². The van der Waals surface area contributed by atoms with Crippen molar-refractivity contribution < 1.29 is 19.3 Å². The van der Waals surface area contributed by atoms with Gasteiger partial charge < -0.3 is 25.2 Å². The molecule has 0 bridgehead atoms. The van der Waals surface area contributed by atoms with Gasteiger partial charge in [0.15, 0.2) is 0 Å². The number of benzene rings is 1. The van der Waals surface area contributed by atoms with Crippen molar-refractivity contribution in [3.63, 3.8) is 0 Å². The Morgan fingerprint density at radius 2 is 2.05 bits per heavy atom. The molecule has 5 nitrogen and oxygen atoms in total. The van der Waals surface area contributed by atoms with E-state index in [1.165, 1.54) is 6.07 Å². The third kappa shape index (κ3) is 3.46. The minimum atomic E-state index is -0.830. The van der Waals surface area contributed by atoms with Crippen LogP contribution in [0.2, 0.25) is 0 Å². The molecule has 1 fully saturated rings. The maximum atomic E-state index is 14.1. The summed E-state index contributed by atoms with van der Waals surface area (Å²) in [5.41, 5.74) is 1.26. The van der Waals surface area contributed by atoms with Crippen LogP contribution in [0.1, 0.15) is 5.56 Å². The van der Waals surface area contributed by atoms with Gasteiger partial charge in [0.25, 0.3) is 0 Å². The standard InChI is InChI=1S/C14H21FN2O3/c1-20-6-5-16-7-10-3-2-4-11(15)14(10)17-8-12(18)13(19)9-17/h2-4,12-13,16,18-19H,5-9H2,1H3. The van der Waals surface area contributed by atoms with Crippen molar-refractivity contribution in [3.05, 3.63) is 29.6 Å². The van der Waals surface area contributed by atoms with Gasteiger partial charge in [0.05, 0.1) is 24.5 Å². The third-order valence-corrected chi connectivity index (χ3v) is 3.44. The summed E-state index contributed by atoms with van der Waals surface area (Å²) in [5.74, 6) is -0.336. The molecule has 6 heteroatoms. The van der Waals surface area contributed by atoms with E-state index in [4.69, 9.17) is 4.74 Å². The Hall–Kier alpha value is -1.21. The average molecular weight is 284 g/mol. The molecule has 1 aliphatic rings. The fourth-order valence-corrected chi connectivity index (χ4v) is 2.41. The molecular formula is C14H21FN2O3. The SMILES string of the molecule is COCCNCc1cccc(F)c1N1CC(O)C(O)C1. The quantitative estimate of drug-likeness (QED) is 0.647. The van der Waals surface area contributed by atoms with Crippen LogP contribution >= 0.6 is 0 Å². The number of aliphatic hydroxyl groups is 2. The zero-order valence-corrected chi connectivity index (χ0v) is 11.6. The Labute approximate surface area is 118 Å². The van der Waals surface area contributed by atoms with Gasteiger partial charge >= 0.3 is 0 Å². The van der Waals surface area contributed by atoms with Gasteiger partial charge in [0.1, 0.15) is 5.82 Å². The van der Waals surface area contributed by atoms with Crippen molar-refractivity contribution in [2.75, 3.05) is 38.3 Å². The number of para-hydroxylation sites is 1. The van der Waals surface area contributed by atoms with Gasteiger partial charge in [-0.25, -0.2) is 4.39 Å². The molecule has 2 rings (SSSR count). The second-order valence-corrected chi connectivity index (χ2v) is 4.96. The largest absolute Gasteiger partial charge is 0.389 e. The zero-order chi connectivity index (χ0) is 14.5. The van der Waals surface area contributed by atoms with Gasteiger partial charge in [-0.3, -0.25) is 0 Å². The molecule has 1 aliphatic heterocycles. The minimum Gasteiger partial charge on any atom is -0.389 e. The number of halogens is 1. The maximum Gasteiger partial charge on any atom is 0.146 e. The summed E-state index contributed by atoms with van der Waals surface area (Å²) in [7, 11) is 1.63. The van der Waals surface area contributed by atoms with Crippen molar-refractivity contribution in [1.29, 1.82) is 0 Å². The molecule has 0 saturated carbocycles. The number of hydrogen-bond donors (Lipinski definition) is 3. The Bertz CT molecular complexity index is 434. The first-order valence-corrected chi connectivity index (χ1v) is 6.71. The summed E-state index contributed by atoms with van der Waals surface area (Å²) < 4.78 is 19.0. The number of anilines is 1. The monoisotopic (exact) mass is 284 g/mol. The predicted octanol–water partition coefficient (Wildman–Crippen LogP) is 0.103. The summed E-state index contributed by atoms with van der Waals surface area (Å²) in [5, 5.41) is 22.4. The van der Waals surface area contributed by atoms with Gasteiger partial charge in [-0.1, -0.05) is 12.1 Å². The molecule has 0 spiro atoms. The second-order valence-electron chi connectivity index (χ2n) is 4.96. The van der Waals surface area contributed by atoms with E-state index in [9.17, 15) is 14.6 Å². The maximum absolute atomic E-state index is 14.1. The highest BCUT2D eigenvalue weighted by Gasteiger charge is 2.31. The average Bonchev–Trinajstić information content (AvgIpc) is 2.74. The lowest BCUT2D eigenvalue weighted by atomic mass is 10.1. The normalized spacial score (nSPS) is 22.5. The molecule has 20 heavy (non-hydrogen) atoms. The zero-order valence-electron chi connectivity index (χ0n) is 11.6. The number of ether oxygens (including phenoxy) is 1. The van der Waals surface area contributed by atoms with Crippen LogP contribution in [0.25, 0.3) is 0 Å². The molecule has 0 aromatic heterocycles. The van der Waals surface area contributed by atoms with Crippen molar-refractivity contribution in [2.24, 2.45) is 0 Å². The first-order valence-electron chi connectivity index (χ1n) is 6.71. The molecule has 1 aromatic rings. The second kappa shape index (κ2) is 6.99. The van der Waals surface area contributed by atoms with E-state index in [1.807, 2.05) is 6.07 Å². The molecular weight excluding hydrogens is 263 g/mol. The Kier molecular flexibility index (Phi) is 5.31. The van der Waals surface area contributed by atoms with Gasteiger partial charge in [-0.15, -0.1) is 0 Å². The lowest BCUT2D eigenvalue weighted by Crippen LogP contribution is -2.26. The number of β-amino-alcohol motifs (C(OH)–C–C–N with tert-alkyl or cyclic N) is 2. The number of nitrogens with zero attached hydrogens (tertiary/aromatic N) is 1. The van der Waals surface area contributed by atoms with E-state index < -0.39 is 12.2 Å². The fraction of sp³-hybridized carbons (Fsp3) is 0.571. The Morgan fingerprint density at radius 1 is 1.35 bits per heavy atom. The van der Waals surface area contributed by atoms with Crippen molar-refractivity contribution in [3.8, 4) is 0 Å². The van der Waals surface area contributed by atoms with Gasteiger partial charge in [-0.05, 0) is 11.6 Å². The van der Waals surface area contributed by atoms with E-state index in [0.29, 0.717) is 25.4 Å². The molecule has 3 N–H and O–H groups in total. The highest BCUT2D eigenvalue weighted by atomic mass is 19.1. The molecule has 112 valence electrons. The third-order valence-electron chi connectivity index (χ3n) is 3.44. The Balaban J connectivity index is 2.10. The van der Waals surface area contributed by atoms with Crippen LogP contribution in [0, 0.1) is 5.82 Å². The van der Waals surface area contributed by atoms with E-state index in [-0.39, 0.29) is 18.9 Å². The van der Waals surface area contributed by atoms with E-state index >= 15 is 0 Å². The minimum absolute atomic E-state index is 0.243. The van der Waals surface area contributed by atoms with E-state index in [2.05, 4.69) is 5.32 Å². The lowest BCUT2D eigenvalue weighted by Gasteiger charge is -2.22. The number of hydrogen-bond acceptors (Lipinski definition) is 5. The van der Waals surface area contributed by atoms with Crippen molar-refractivity contribution in [2.45, 2.75) is 18.8 Å². The molecule has 1 saturated heterocycles. The Morgan fingerprint density at radius 3 is 2.70 bits per heavy atom. The van der Waals surface area contributed by atoms with Crippen LogP contribution in [-0.4, -0.2) is 55.8 Å². The first-order chi connectivity index (χ1) is 9.63. The summed E-state index contributed by atoms with van der Waals surface area (Å²) in [4.78, 5) is 1.69. The summed E-state index contributed by atoms with van der Waals surface area (Å²) >= 11 is 0. The van der Waals surface area contributed by atoms with Crippen LogP contribution in [-0.2, 0) is 11.3 Å². The van der Waals surface area contributed by atoms with Gasteiger partial charge in [-0.2, -0.15) is 0 Å². The summed E-state index contributed by atoms with van der Waals surface area (Å²) in [6.45, 7) is 2.27. The topological polar surface area (TPSA) is 65.0 Å². The van der Waals surface area contributed by atoms with E-state index in [1.54, 1.807) is 18.1 Å². The smallest absolute Gasteiger partial charge is 0.146 e. The van der Waals surface area contributed by atoms with Crippen LogP contribution in [0.4, 0.5) is 10.1 Å². The first kappa shape index (κ1) is 15.2. The predicted molar refractivity (Wildman–Crippen MR) is 74.2 cm³/mol. The van der Waals surface area contributed by atoms with Gasteiger partial charge in [0, 0.05) is 33.3 Å². The lowest BCUT2D eigenvalue weighted by molar-refractivity contribution is 0.0572. The molecule has 2 atom stereocenters. The molecule has 0 aliphatic carbocycles. The van der Waals surface area contributed by atoms with E-state index in [0.717, 1.165) is 5.56 Å². The van der Waals surface area contributed by atoms with Crippen LogP contribution in [0.3, 0.4) is 0 Å². The molecule has 1 heterocycles. The number of nitrogens with one attached hydrogen (secondary N) is 1. The van der Waals surface area contributed by atoms with Crippen molar-refractivity contribution in [1.82, 2.24) is 5.32 Å². The summed E-state index contributed by atoms with van der Waals surface area (Å²) in [6.07, 6.45) is -1.66. The fourth-order valence-electron chi connectivity index (χ4n) is 2.41. The van der Waals surface area contributed by atoms with Crippen molar-refractivity contribution >= 4 is 5.69 Å². The number of methoxy groups -OCH3 is 1. The van der Waals surface area contributed by atoms with Gasteiger partial charge in [0.2, 0.25) is 0 Å². The molecule has 0 radical (unpaired) electrons. The number of rotatable bonds is 6. The highest BCUT2D eigenvalue weighted by molar-refractivity contribution is 5.56. The summed E-state index contributed by atoms with van der Waals surface area (Å²) in [6, 6.07) is 4.90. The highest BCUT2D eigenvalue weighted by Crippen LogP contribution is 2.28. The molecule has 1 aromatic carbocycles.